The Balaban J connectivity index is 1.75. The number of nitrogens with one attached hydrogen (secondary N) is 1. The average Bonchev–Trinajstić information content (AvgIpc) is 3.20. The molecule has 0 bridgehead atoms. The molecule has 3 aromatic rings. The van der Waals surface area contributed by atoms with Gasteiger partial charge in [-0.15, -0.1) is 0 Å². The Morgan fingerprint density at radius 3 is 2.68 bits per heavy atom. The molecule has 6 heteroatoms. The number of aromatic nitrogens is 2. The molecule has 0 saturated carbocycles. The predicted molar refractivity (Wildman–Crippen MR) is 100 cm³/mol. The van der Waals surface area contributed by atoms with E-state index in [1.165, 1.54) is 0 Å². The zero-order valence-corrected chi connectivity index (χ0v) is 14.8. The third-order valence-corrected chi connectivity index (χ3v) is 4.88. The van der Waals surface area contributed by atoms with Crippen molar-refractivity contribution in [3.8, 4) is 5.69 Å². The molecule has 4 rings (SSSR count). The number of para-hydroxylation sites is 1. The van der Waals surface area contributed by atoms with Crippen LogP contribution in [0.5, 0.6) is 0 Å². The molecule has 126 valence electrons. The van der Waals surface area contributed by atoms with E-state index in [4.69, 9.17) is 28.3 Å². The summed E-state index contributed by atoms with van der Waals surface area (Å²) in [4.78, 5) is 12.8. The van der Waals surface area contributed by atoms with Gasteiger partial charge in [-0.3, -0.25) is 4.79 Å². The van der Waals surface area contributed by atoms with Gasteiger partial charge in [-0.1, -0.05) is 41.4 Å². The second-order valence-corrected chi connectivity index (χ2v) is 6.80. The number of halogens is 2. The number of carbonyl (C=O) groups excluding carboxylic acids is 1. The highest BCUT2D eigenvalue weighted by Crippen LogP contribution is 2.32. The van der Waals surface area contributed by atoms with E-state index in [2.05, 4.69) is 5.32 Å². The zero-order chi connectivity index (χ0) is 17.4. The Morgan fingerprint density at radius 1 is 1.08 bits per heavy atom. The Labute approximate surface area is 155 Å². The van der Waals surface area contributed by atoms with E-state index in [0.29, 0.717) is 21.4 Å². The summed E-state index contributed by atoms with van der Waals surface area (Å²) >= 11 is 12.2. The van der Waals surface area contributed by atoms with Gasteiger partial charge >= 0.3 is 0 Å². The highest BCUT2D eigenvalue weighted by molar-refractivity contribution is 6.36. The molecule has 1 N–H and O–H groups in total. The van der Waals surface area contributed by atoms with Gasteiger partial charge < -0.3 is 5.32 Å². The first-order valence-electron chi connectivity index (χ1n) is 8.06. The van der Waals surface area contributed by atoms with Crippen LogP contribution in [0.2, 0.25) is 10.0 Å². The number of hydrogen-bond donors (Lipinski definition) is 1. The fourth-order valence-electron chi connectivity index (χ4n) is 3.12. The summed E-state index contributed by atoms with van der Waals surface area (Å²) in [5.41, 5.74) is 3.39. The van der Waals surface area contributed by atoms with Crippen molar-refractivity contribution in [2.45, 2.75) is 19.3 Å². The maximum Gasteiger partial charge on any atom is 0.258 e. The average molecular weight is 372 g/mol. The van der Waals surface area contributed by atoms with E-state index in [-0.39, 0.29) is 5.91 Å². The molecule has 0 aliphatic heterocycles. The van der Waals surface area contributed by atoms with Crippen molar-refractivity contribution in [1.82, 2.24) is 9.78 Å². The van der Waals surface area contributed by atoms with Gasteiger partial charge in [0, 0.05) is 10.6 Å². The lowest BCUT2D eigenvalue weighted by Gasteiger charge is -2.12. The van der Waals surface area contributed by atoms with Crippen LogP contribution in [-0.2, 0) is 12.8 Å². The smallest absolute Gasteiger partial charge is 0.258 e. The summed E-state index contributed by atoms with van der Waals surface area (Å²) in [6.07, 6.45) is 2.88. The minimum absolute atomic E-state index is 0.292. The van der Waals surface area contributed by atoms with Gasteiger partial charge in [-0.05, 0) is 49.6 Å². The first-order valence-corrected chi connectivity index (χ1v) is 8.81. The lowest BCUT2D eigenvalue weighted by atomic mass is 10.2. The number of carbonyl (C=O) groups is 1. The largest absolute Gasteiger partial charge is 0.306 e. The van der Waals surface area contributed by atoms with E-state index in [1.807, 2.05) is 30.3 Å². The molecule has 1 heterocycles. The van der Waals surface area contributed by atoms with E-state index >= 15 is 0 Å². The van der Waals surface area contributed by atoms with Crippen molar-refractivity contribution < 1.29 is 4.79 Å². The maximum atomic E-state index is 12.8. The van der Waals surface area contributed by atoms with Crippen LogP contribution in [0.25, 0.3) is 5.69 Å². The lowest BCUT2D eigenvalue weighted by Crippen LogP contribution is -2.16. The Morgan fingerprint density at radius 2 is 1.88 bits per heavy atom. The van der Waals surface area contributed by atoms with Crippen LogP contribution in [0.15, 0.2) is 48.5 Å². The molecular formula is C19H15Cl2N3O. The standard InChI is InChI=1S/C19H15Cl2N3O/c20-12-9-10-16(21)15(11-12)19(25)22-18-14-7-4-8-17(14)23-24(18)13-5-2-1-3-6-13/h1-3,5-6,9-11H,4,7-8H2,(H,22,25). The van der Waals surface area contributed by atoms with Crippen LogP contribution in [0.4, 0.5) is 5.82 Å². The summed E-state index contributed by atoms with van der Waals surface area (Å²) in [5, 5.41) is 8.52. The van der Waals surface area contributed by atoms with Gasteiger partial charge in [0.1, 0.15) is 5.82 Å². The second-order valence-electron chi connectivity index (χ2n) is 5.95. The van der Waals surface area contributed by atoms with Crippen LogP contribution in [0.1, 0.15) is 28.0 Å². The molecule has 0 fully saturated rings. The first-order chi connectivity index (χ1) is 12.1. The molecule has 1 aromatic heterocycles. The highest BCUT2D eigenvalue weighted by atomic mass is 35.5. The molecule has 0 spiro atoms. The minimum Gasteiger partial charge on any atom is -0.306 e. The third kappa shape index (κ3) is 3.03. The van der Waals surface area contributed by atoms with Gasteiger partial charge in [0.05, 0.1) is 22.0 Å². The predicted octanol–water partition coefficient (Wildman–Crippen LogP) is 4.92. The lowest BCUT2D eigenvalue weighted by molar-refractivity contribution is 0.102. The summed E-state index contributed by atoms with van der Waals surface area (Å²) in [6.45, 7) is 0. The van der Waals surface area contributed by atoms with E-state index in [9.17, 15) is 4.79 Å². The van der Waals surface area contributed by atoms with Crippen molar-refractivity contribution in [3.05, 3.63) is 75.4 Å². The summed E-state index contributed by atoms with van der Waals surface area (Å²) in [6, 6.07) is 14.6. The van der Waals surface area contributed by atoms with Crippen LogP contribution in [-0.4, -0.2) is 15.7 Å². The van der Waals surface area contributed by atoms with Gasteiger partial charge in [0.25, 0.3) is 5.91 Å². The fraction of sp³-hybridized carbons (Fsp3) is 0.158. The molecule has 0 atom stereocenters. The molecule has 1 aliphatic carbocycles. The highest BCUT2D eigenvalue weighted by Gasteiger charge is 2.25. The summed E-state index contributed by atoms with van der Waals surface area (Å²) in [5.74, 6) is 0.416. The molecule has 1 amide bonds. The maximum absolute atomic E-state index is 12.8. The van der Waals surface area contributed by atoms with Crippen LogP contribution < -0.4 is 5.32 Å². The van der Waals surface area contributed by atoms with Crippen molar-refractivity contribution in [2.24, 2.45) is 0 Å². The van der Waals surface area contributed by atoms with Gasteiger partial charge in [-0.25, -0.2) is 4.68 Å². The van der Waals surface area contributed by atoms with Gasteiger partial charge in [0.15, 0.2) is 0 Å². The number of benzene rings is 2. The van der Waals surface area contributed by atoms with Crippen molar-refractivity contribution in [3.63, 3.8) is 0 Å². The van der Waals surface area contributed by atoms with Crippen molar-refractivity contribution in [2.75, 3.05) is 5.32 Å². The Kier molecular flexibility index (Phi) is 4.24. The first kappa shape index (κ1) is 16.2. The molecule has 1 aliphatic rings. The van der Waals surface area contributed by atoms with E-state index < -0.39 is 0 Å². The topological polar surface area (TPSA) is 46.9 Å². The zero-order valence-electron chi connectivity index (χ0n) is 13.3. The Hall–Kier alpha value is -2.30. The quantitative estimate of drug-likeness (QED) is 0.709. The minimum atomic E-state index is -0.292. The number of fused-ring (bicyclic) bond motifs is 1. The summed E-state index contributed by atoms with van der Waals surface area (Å²) < 4.78 is 1.79. The molecular weight excluding hydrogens is 357 g/mol. The Bertz CT molecular complexity index is 951. The summed E-state index contributed by atoms with van der Waals surface area (Å²) in [7, 11) is 0. The van der Waals surface area contributed by atoms with Gasteiger partial charge in [0.2, 0.25) is 0 Å². The number of hydrogen-bond acceptors (Lipinski definition) is 2. The molecule has 2 aromatic carbocycles. The van der Waals surface area contributed by atoms with E-state index in [0.717, 1.165) is 36.2 Å². The van der Waals surface area contributed by atoms with Crippen LogP contribution in [0, 0.1) is 0 Å². The molecule has 0 radical (unpaired) electrons. The number of nitrogens with zero attached hydrogens (tertiary/aromatic N) is 2. The molecule has 4 nitrogen and oxygen atoms in total. The number of anilines is 1. The van der Waals surface area contributed by atoms with Crippen molar-refractivity contribution >= 4 is 34.9 Å². The van der Waals surface area contributed by atoms with Crippen LogP contribution in [0.3, 0.4) is 0 Å². The number of rotatable bonds is 3. The monoisotopic (exact) mass is 371 g/mol. The van der Waals surface area contributed by atoms with Gasteiger partial charge in [-0.2, -0.15) is 5.10 Å². The fourth-order valence-corrected chi connectivity index (χ4v) is 3.50. The molecule has 25 heavy (non-hydrogen) atoms. The normalized spacial score (nSPS) is 12.9. The number of aryl methyl sites for hydroxylation is 1. The van der Waals surface area contributed by atoms with Crippen molar-refractivity contribution in [1.29, 1.82) is 0 Å². The number of amides is 1. The SMILES string of the molecule is O=C(Nc1c2c(nn1-c1ccccc1)CCC2)c1cc(Cl)ccc1Cl. The molecule has 0 saturated heterocycles. The second kappa shape index (κ2) is 6.54. The molecule has 0 unspecified atom stereocenters. The van der Waals surface area contributed by atoms with Crippen LogP contribution >= 0.6 is 23.2 Å². The third-order valence-electron chi connectivity index (χ3n) is 4.31. The van der Waals surface area contributed by atoms with E-state index in [1.54, 1.807) is 22.9 Å².